The highest BCUT2D eigenvalue weighted by molar-refractivity contribution is 7.92. The Morgan fingerprint density at radius 2 is 2.00 bits per heavy atom. The van der Waals surface area contributed by atoms with Gasteiger partial charge in [0.25, 0.3) is 9.84 Å². The second-order valence-corrected chi connectivity index (χ2v) is 7.77. The molecule has 0 amide bonds. The van der Waals surface area contributed by atoms with Gasteiger partial charge in [-0.05, 0) is 37.1 Å². The van der Waals surface area contributed by atoms with Crippen LogP contribution in [0, 0.1) is 5.82 Å². The highest BCUT2D eigenvalue weighted by Gasteiger charge is 2.48. The van der Waals surface area contributed by atoms with Crippen molar-refractivity contribution in [3.8, 4) is 0 Å². The smallest absolute Gasteiger partial charge is 0.370 e. The van der Waals surface area contributed by atoms with Crippen molar-refractivity contribution in [3.63, 3.8) is 0 Å². The van der Waals surface area contributed by atoms with Crippen molar-refractivity contribution >= 4 is 15.5 Å². The Morgan fingerprint density at radius 3 is 2.64 bits per heavy atom. The molecule has 1 aromatic carbocycles. The minimum Gasteiger partial charge on any atom is -0.370 e. The van der Waals surface area contributed by atoms with Crippen LogP contribution in [0.3, 0.4) is 0 Å². The molecule has 1 fully saturated rings. The van der Waals surface area contributed by atoms with Crippen molar-refractivity contribution < 1.29 is 26.0 Å². The summed E-state index contributed by atoms with van der Waals surface area (Å²) in [6.07, 6.45) is 3.03. The topological polar surface area (TPSA) is 66.1 Å². The number of aromatic nitrogens is 2. The van der Waals surface area contributed by atoms with E-state index in [9.17, 15) is 26.0 Å². The summed E-state index contributed by atoms with van der Waals surface area (Å²) in [7, 11) is -5.65. The minimum atomic E-state index is -5.65. The molecule has 1 atom stereocenters. The van der Waals surface area contributed by atoms with Gasteiger partial charge in [-0.3, -0.25) is 5.10 Å². The maximum Gasteiger partial charge on any atom is 0.501 e. The SMILES string of the molecule is O=S(=O)(c1cc(F)ccc1N1CCCC(c2ccn[nH]2)C1)C(F)(F)F. The Kier molecular flexibility index (Phi) is 4.48. The van der Waals surface area contributed by atoms with Crippen LogP contribution < -0.4 is 4.90 Å². The van der Waals surface area contributed by atoms with Gasteiger partial charge >= 0.3 is 5.51 Å². The predicted octanol–water partition coefficient (Wildman–Crippen LogP) is 3.23. The fourth-order valence-corrected chi connectivity index (χ4v) is 4.02. The van der Waals surface area contributed by atoms with Crippen LogP contribution in [0.1, 0.15) is 24.5 Å². The number of H-pyrrole nitrogens is 1. The van der Waals surface area contributed by atoms with Gasteiger partial charge in [0.15, 0.2) is 0 Å². The molecule has 10 heteroatoms. The number of piperidine rings is 1. The maximum absolute atomic E-state index is 13.5. The standard InChI is InChI=1S/C15H15F4N3O2S/c16-11-3-4-13(14(8-11)25(23,24)15(17,18)19)22-7-1-2-10(9-22)12-5-6-20-21-12/h3-6,8,10H,1-2,7,9H2,(H,20,21). The zero-order valence-corrected chi connectivity index (χ0v) is 13.7. The number of alkyl halides is 3. The number of benzene rings is 1. The summed E-state index contributed by atoms with van der Waals surface area (Å²) in [4.78, 5) is 0.498. The average molecular weight is 377 g/mol. The van der Waals surface area contributed by atoms with E-state index in [0.717, 1.165) is 24.2 Å². The first-order valence-corrected chi connectivity index (χ1v) is 9.03. The molecular formula is C15H15F4N3O2S. The molecule has 136 valence electrons. The van der Waals surface area contributed by atoms with Gasteiger partial charge in [-0.25, -0.2) is 12.8 Å². The Bertz CT molecular complexity index is 850. The first-order chi connectivity index (χ1) is 11.7. The van der Waals surface area contributed by atoms with Gasteiger partial charge in [0.1, 0.15) is 10.7 Å². The number of nitrogens with zero attached hydrogens (tertiary/aromatic N) is 2. The first kappa shape index (κ1) is 17.7. The predicted molar refractivity (Wildman–Crippen MR) is 82.4 cm³/mol. The molecule has 1 N–H and O–H groups in total. The molecule has 0 radical (unpaired) electrons. The number of anilines is 1. The monoisotopic (exact) mass is 377 g/mol. The van der Waals surface area contributed by atoms with Crippen molar-refractivity contribution in [1.82, 2.24) is 10.2 Å². The second-order valence-electron chi connectivity index (χ2n) is 5.86. The van der Waals surface area contributed by atoms with Crippen molar-refractivity contribution in [3.05, 3.63) is 42.0 Å². The molecular weight excluding hydrogens is 362 g/mol. The lowest BCUT2D eigenvalue weighted by Crippen LogP contribution is -2.36. The molecule has 1 aromatic heterocycles. The van der Waals surface area contributed by atoms with Crippen LogP contribution in [0.15, 0.2) is 35.4 Å². The normalized spacial score (nSPS) is 19.2. The van der Waals surface area contributed by atoms with Gasteiger partial charge < -0.3 is 4.90 Å². The average Bonchev–Trinajstić information content (AvgIpc) is 3.08. The number of hydrogen-bond acceptors (Lipinski definition) is 4. The van der Waals surface area contributed by atoms with E-state index in [-0.39, 0.29) is 11.6 Å². The van der Waals surface area contributed by atoms with Gasteiger partial charge in [-0.2, -0.15) is 18.3 Å². The summed E-state index contributed by atoms with van der Waals surface area (Å²) in [5.74, 6) is -1.06. The lowest BCUT2D eigenvalue weighted by molar-refractivity contribution is -0.0435. The van der Waals surface area contributed by atoms with E-state index in [1.54, 1.807) is 17.2 Å². The van der Waals surface area contributed by atoms with Crippen molar-refractivity contribution in [2.24, 2.45) is 0 Å². The molecule has 0 spiro atoms. The number of rotatable bonds is 3. The fourth-order valence-electron chi connectivity index (χ4n) is 3.03. The second kappa shape index (κ2) is 6.32. The molecule has 5 nitrogen and oxygen atoms in total. The fraction of sp³-hybridized carbons (Fsp3) is 0.400. The number of halogens is 4. The highest BCUT2D eigenvalue weighted by Crippen LogP contribution is 2.38. The maximum atomic E-state index is 13.5. The molecule has 2 heterocycles. The van der Waals surface area contributed by atoms with Crippen LogP contribution in [0.5, 0.6) is 0 Å². The lowest BCUT2D eigenvalue weighted by atomic mass is 9.94. The number of sulfone groups is 1. The third kappa shape index (κ3) is 3.35. The molecule has 1 unspecified atom stereocenters. The molecule has 1 aliphatic rings. The van der Waals surface area contributed by atoms with Gasteiger partial charge in [-0.15, -0.1) is 0 Å². The Morgan fingerprint density at radius 1 is 1.24 bits per heavy atom. The summed E-state index contributed by atoms with van der Waals surface area (Å²) in [6.45, 7) is 0.699. The zero-order valence-electron chi connectivity index (χ0n) is 12.9. The van der Waals surface area contributed by atoms with E-state index in [0.29, 0.717) is 25.6 Å². The van der Waals surface area contributed by atoms with E-state index in [1.165, 1.54) is 0 Å². The minimum absolute atomic E-state index is 0.0252. The summed E-state index contributed by atoms with van der Waals surface area (Å²) >= 11 is 0. The van der Waals surface area contributed by atoms with Crippen molar-refractivity contribution in [2.75, 3.05) is 18.0 Å². The van der Waals surface area contributed by atoms with Crippen LogP contribution in [0.4, 0.5) is 23.2 Å². The third-order valence-electron chi connectivity index (χ3n) is 4.24. The number of aromatic amines is 1. The van der Waals surface area contributed by atoms with Gasteiger partial charge in [0.05, 0.1) is 5.69 Å². The first-order valence-electron chi connectivity index (χ1n) is 7.55. The van der Waals surface area contributed by atoms with Gasteiger partial charge in [-0.1, -0.05) is 0 Å². The third-order valence-corrected chi connectivity index (χ3v) is 5.76. The van der Waals surface area contributed by atoms with Crippen LogP contribution >= 0.6 is 0 Å². The Labute approximate surface area is 141 Å². The molecule has 25 heavy (non-hydrogen) atoms. The molecule has 1 aliphatic heterocycles. The van der Waals surface area contributed by atoms with Crippen molar-refractivity contribution in [2.45, 2.75) is 29.2 Å². The summed E-state index contributed by atoms with van der Waals surface area (Å²) < 4.78 is 76.0. The molecule has 3 rings (SSSR count). The van der Waals surface area contributed by atoms with Gasteiger partial charge in [0.2, 0.25) is 0 Å². The number of hydrogen-bond donors (Lipinski definition) is 1. The van der Waals surface area contributed by atoms with E-state index < -0.39 is 26.1 Å². The quantitative estimate of drug-likeness (QED) is 0.834. The van der Waals surface area contributed by atoms with Gasteiger partial charge in [0, 0.05) is 30.9 Å². The number of nitrogens with one attached hydrogen (secondary N) is 1. The Hall–Kier alpha value is -2.10. The zero-order chi connectivity index (χ0) is 18.2. The van der Waals surface area contributed by atoms with E-state index in [2.05, 4.69) is 10.2 Å². The van der Waals surface area contributed by atoms with Crippen LogP contribution in [-0.2, 0) is 9.84 Å². The summed E-state index contributed by atoms with van der Waals surface area (Å²) in [5, 5.41) is 6.68. The summed E-state index contributed by atoms with van der Waals surface area (Å²) in [5.41, 5.74) is -4.80. The highest BCUT2D eigenvalue weighted by atomic mass is 32.2. The largest absolute Gasteiger partial charge is 0.501 e. The van der Waals surface area contributed by atoms with E-state index in [4.69, 9.17) is 0 Å². The van der Waals surface area contributed by atoms with E-state index in [1.807, 2.05) is 0 Å². The lowest BCUT2D eigenvalue weighted by Gasteiger charge is -2.35. The molecule has 0 saturated carbocycles. The van der Waals surface area contributed by atoms with Crippen LogP contribution in [0.2, 0.25) is 0 Å². The van der Waals surface area contributed by atoms with Crippen LogP contribution in [0.25, 0.3) is 0 Å². The van der Waals surface area contributed by atoms with Crippen LogP contribution in [-0.4, -0.2) is 37.2 Å². The molecule has 0 bridgehead atoms. The molecule has 1 saturated heterocycles. The molecule has 0 aliphatic carbocycles. The summed E-state index contributed by atoms with van der Waals surface area (Å²) in [6, 6.07) is 4.25. The molecule has 2 aromatic rings. The van der Waals surface area contributed by atoms with Crippen molar-refractivity contribution in [1.29, 1.82) is 0 Å². The van der Waals surface area contributed by atoms with E-state index >= 15 is 0 Å². The Balaban J connectivity index is 2.00.